The molecule has 0 unspecified atom stereocenters. The van der Waals surface area contributed by atoms with Gasteiger partial charge in [0.15, 0.2) is 34.9 Å². The van der Waals surface area contributed by atoms with Crippen molar-refractivity contribution in [3.8, 4) is 108 Å². The largest absolute Gasteiger partial charge is 0.208 e. The lowest BCUT2D eigenvalue weighted by atomic mass is 9.91. The third-order valence-electron chi connectivity index (χ3n) is 10.7. The Labute approximate surface area is 359 Å². The van der Waals surface area contributed by atoms with Crippen LogP contribution in [0.5, 0.6) is 0 Å². The smallest absolute Gasteiger partial charge is 0.164 e. The molecule has 2 heterocycles. The molecular weight excluding hydrogens is 759 g/mol. The van der Waals surface area contributed by atoms with Crippen molar-refractivity contribution in [1.29, 1.82) is 5.26 Å². The highest BCUT2D eigenvalue weighted by atomic mass is 15.0. The summed E-state index contributed by atoms with van der Waals surface area (Å²) in [5, 5.41) is 9.88. The predicted octanol–water partition coefficient (Wildman–Crippen LogP) is 12.9. The van der Waals surface area contributed by atoms with Crippen LogP contribution >= 0.6 is 0 Å². The van der Waals surface area contributed by atoms with Crippen LogP contribution in [0.1, 0.15) is 5.56 Å². The normalized spacial score (nSPS) is 10.9. The van der Waals surface area contributed by atoms with E-state index in [0.29, 0.717) is 40.5 Å². The van der Waals surface area contributed by atoms with Crippen molar-refractivity contribution >= 4 is 0 Å². The van der Waals surface area contributed by atoms with Crippen LogP contribution in [0, 0.1) is 11.3 Å². The molecule has 2 aromatic heterocycles. The first-order chi connectivity index (χ1) is 30.7. The maximum Gasteiger partial charge on any atom is 0.164 e. The third kappa shape index (κ3) is 7.63. The summed E-state index contributed by atoms with van der Waals surface area (Å²) in [5.41, 5.74) is 11.6. The lowest BCUT2D eigenvalue weighted by Crippen LogP contribution is -2.01. The van der Waals surface area contributed by atoms with E-state index in [1.807, 2.05) is 158 Å². The predicted molar refractivity (Wildman–Crippen MR) is 247 cm³/mol. The van der Waals surface area contributed by atoms with Gasteiger partial charge < -0.3 is 0 Å². The van der Waals surface area contributed by atoms with Crippen molar-refractivity contribution in [2.45, 2.75) is 0 Å². The number of aromatic nitrogens is 6. The van der Waals surface area contributed by atoms with Crippen molar-refractivity contribution in [3.05, 3.63) is 218 Å². The number of hydrogen-bond acceptors (Lipinski definition) is 7. The van der Waals surface area contributed by atoms with Crippen LogP contribution in [-0.2, 0) is 0 Å². The second-order valence-corrected chi connectivity index (χ2v) is 14.6. The minimum atomic E-state index is 0.531. The van der Waals surface area contributed by atoms with Gasteiger partial charge >= 0.3 is 0 Å². The standard InChI is InChI=1S/C55H35N7/c56-36-44-24-10-11-29-45(44)40-25-16-27-42(34-40)54-60-52(39-22-8-3-9-23-39)61-55(62-54)49-33-15-14-32-48(49)47-31-13-12-30-46(47)41-26-17-28-43(35-41)53-58-50(37-18-4-1-5-19-37)57-51(59-53)38-20-6-2-7-21-38/h1-35H. The van der Waals surface area contributed by atoms with E-state index < -0.39 is 0 Å². The molecule has 7 nitrogen and oxygen atoms in total. The van der Waals surface area contributed by atoms with Crippen molar-refractivity contribution in [2.24, 2.45) is 0 Å². The molecule has 0 aliphatic rings. The van der Waals surface area contributed by atoms with Crippen LogP contribution < -0.4 is 0 Å². The van der Waals surface area contributed by atoms with Crippen molar-refractivity contribution in [2.75, 3.05) is 0 Å². The van der Waals surface area contributed by atoms with E-state index in [-0.39, 0.29) is 0 Å². The molecular formula is C55H35N7. The first kappa shape index (κ1) is 37.5. The second kappa shape index (κ2) is 16.9. The molecule has 0 aliphatic heterocycles. The van der Waals surface area contributed by atoms with E-state index in [4.69, 9.17) is 29.9 Å². The van der Waals surface area contributed by atoms with Crippen LogP contribution in [0.2, 0.25) is 0 Å². The van der Waals surface area contributed by atoms with Gasteiger partial charge in [0.05, 0.1) is 11.6 Å². The Morgan fingerprint density at radius 1 is 0.242 bits per heavy atom. The molecule has 0 saturated heterocycles. The first-order valence-corrected chi connectivity index (χ1v) is 20.3. The van der Waals surface area contributed by atoms with E-state index in [0.717, 1.165) is 66.8 Å². The Morgan fingerprint density at radius 2 is 0.548 bits per heavy atom. The van der Waals surface area contributed by atoms with E-state index in [9.17, 15) is 5.26 Å². The van der Waals surface area contributed by atoms with Gasteiger partial charge in [0.2, 0.25) is 0 Å². The number of nitrogens with zero attached hydrogens (tertiary/aromatic N) is 7. The van der Waals surface area contributed by atoms with Crippen LogP contribution in [-0.4, -0.2) is 29.9 Å². The Bertz CT molecular complexity index is 3200. The number of benzene rings is 8. The highest BCUT2D eigenvalue weighted by molar-refractivity contribution is 5.91. The first-order valence-electron chi connectivity index (χ1n) is 20.3. The quantitative estimate of drug-likeness (QED) is 0.143. The molecule has 290 valence electrons. The van der Waals surface area contributed by atoms with Gasteiger partial charge in [0.25, 0.3) is 0 Å². The lowest BCUT2D eigenvalue weighted by Gasteiger charge is -2.16. The summed E-state index contributed by atoms with van der Waals surface area (Å²) in [4.78, 5) is 30.2. The highest BCUT2D eigenvalue weighted by Gasteiger charge is 2.19. The third-order valence-corrected chi connectivity index (χ3v) is 10.7. The number of rotatable bonds is 9. The van der Waals surface area contributed by atoms with Crippen LogP contribution in [0.3, 0.4) is 0 Å². The zero-order valence-corrected chi connectivity index (χ0v) is 33.3. The lowest BCUT2D eigenvalue weighted by molar-refractivity contribution is 1.07. The van der Waals surface area contributed by atoms with Gasteiger partial charge in [-0.3, -0.25) is 0 Å². The van der Waals surface area contributed by atoms with Gasteiger partial charge in [-0.1, -0.05) is 194 Å². The molecule has 0 saturated carbocycles. The number of hydrogen-bond donors (Lipinski definition) is 0. The molecule has 0 bridgehead atoms. The average Bonchev–Trinajstić information content (AvgIpc) is 3.37. The van der Waals surface area contributed by atoms with E-state index in [2.05, 4.69) is 60.7 Å². The fourth-order valence-corrected chi connectivity index (χ4v) is 7.65. The van der Waals surface area contributed by atoms with E-state index >= 15 is 0 Å². The highest BCUT2D eigenvalue weighted by Crippen LogP contribution is 2.39. The molecule has 0 N–H and O–H groups in total. The Kier molecular flexibility index (Phi) is 10.2. The van der Waals surface area contributed by atoms with Crippen molar-refractivity contribution in [1.82, 2.24) is 29.9 Å². The SMILES string of the molecule is N#Cc1ccccc1-c1cccc(-c2nc(-c3ccccc3)nc(-c3ccccc3-c3ccccc3-c3cccc(-c4nc(-c5ccccc5)nc(-c5ccccc5)n4)c3)n2)c1. The monoisotopic (exact) mass is 793 g/mol. The Morgan fingerprint density at radius 3 is 1.02 bits per heavy atom. The van der Waals surface area contributed by atoms with Gasteiger partial charge in [0.1, 0.15) is 0 Å². The van der Waals surface area contributed by atoms with Crippen LogP contribution in [0.4, 0.5) is 0 Å². The van der Waals surface area contributed by atoms with Gasteiger partial charge in [-0.2, -0.15) is 5.26 Å². The molecule has 10 rings (SSSR count). The molecule has 8 aromatic carbocycles. The topological polar surface area (TPSA) is 101 Å². The molecule has 7 heteroatoms. The van der Waals surface area contributed by atoms with Gasteiger partial charge in [0, 0.05) is 33.4 Å². The molecule has 0 atom stereocenters. The van der Waals surface area contributed by atoms with Gasteiger partial charge in [-0.05, 0) is 51.6 Å². The minimum Gasteiger partial charge on any atom is -0.208 e. The molecule has 62 heavy (non-hydrogen) atoms. The summed E-state index contributed by atoms with van der Waals surface area (Å²) < 4.78 is 0. The maximum absolute atomic E-state index is 9.88. The summed E-state index contributed by atoms with van der Waals surface area (Å²) in [6.07, 6.45) is 0. The molecule has 10 aromatic rings. The zero-order valence-electron chi connectivity index (χ0n) is 33.3. The fourth-order valence-electron chi connectivity index (χ4n) is 7.65. The zero-order chi connectivity index (χ0) is 41.7. The maximum atomic E-state index is 9.88. The number of nitriles is 1. The summed E-state index contributed by atoms with van der Waals surface area (Å²) >= 11 is 0. The summed E-state index contributed by atoms with van der Waals surface area (Å²) in [7, 11) is 0. The Hall–Kier alpha value is -8.73. The molecule has 0 amide bonds. The fraction of sp³-hybridized carbons (Fsp3) is 0. The van der Waals surface area contributed by atoms with E-state index in [1.165, 1.54) is 0 Å². The molecule has 0 radical (unpaired) electrons. The Balaban J connectivity index is 1.09. The molecule has 0 aliphatic carbocycles. The van der Waals surface area contributed by atoms with Crippen LogP contribution in [0.25, 0.3) is 102 Å². The molecule has 0 spiro atoms. The summed E-state index contributed by atoms with van der Waals surface area (Å²) in [6, 6.07) is 73.0. The summed E-state index contributed by atoms with van der Waals surface area (Å²) in [5.74, 6) is 3.44. The van der Waals surface area contributed by atoms with Crippen molar-refractivity contribution < 1.29 is 0 Å². The van der Waals surface area contributed by atoms with E-state index in [1.54, 1.807) is 0 Å². The molecule has 0 fully saturated rings. The average molecular weight is 794 g/mol. The summed E-state index contributed by atoms with van der Waals surface area (Å²) in [6.45, 7) is 0. The van der Waals surface area contributed by atoms with Crippen molar-refractivity contribution in [3.63, 3.8) is 0 Å². The second-order valence-electron chi connectivity index (χ2n) is 14.6. The van der Waals surface area contributed by atoms with Gasteiger partial charge in [-0.25, -0.2) is 29.9 Å². The minimum absolute atomic E-state index is 0.531. The van der Waals surface area contributed by atoms with Gasteiger partial charge in [-0.15, -0.1) is 0 Å². The van der Waals surface area contributed by atoms with Crippen LogP contribution in [0.15, 0.2) is 212 Å².